The van der Waals surface area contributed by atoms with E-state index < -0.39 is 0 Å². The average Bonchev–Trinajstić information content (AvgIpc) is 2.44. The SMILES string of the molecule is CCCCNC(=NC)NCc1cccnc1OCC.I. The summed E-state index contributed by atoms with van der Waals surface area (Å²) in [5.74, 6) is 1.49. The first-order valence-corrected chi connectivity index (χ1v) is 6.83. The lowest BCUT2D eigenvalue weighted by Gasteiger charge is -2.13. The molecule has 5 nitrogen and oxygen atoms in total. The molecule has 0 saturated heterocycles. The number of aliphatic imine (C=N–C) groups is 1. The quantitative estimate of drug-likeness (QED) is 0.324. The van der Waals surface area contributed by atoms with Crippen molar-refractivity contribution in [3.05, 3.63) is 23.9 Å². The van der Waals surface area contributed by atoms with E-state index in [1.165, 1.54) is 6.42 Å². The lowest BCUT2D eigenvalue weighted by Crippen LogP contribution is -2.37. The third-order valence-corrected chi connectivity index (χ3v) is 2.62. The van der Waals surface area contributed by atoms with Gasteiger partial charge in [0.1, 0.15) is 0 Å². The average molecular weight is 392 g/mol. The zero-order valence-electron chi connectivity index (χ0n) is 12.5. The molecular formula is C14H25IN4O. The van der Waals surface area contributed by atoms with Crippen molar-refractivity contribution in [2.75, 3.05) is 20.2 Å². The van der Waals surface area contributed by atoms with Gasteiger partial charge in [0.25, 0.3) is 0 Å². The van der Waals surface area contributed by atoms with E-state index in [2.05, 4.69) is 27.5 Å². The summed E-state index contributed by atoms with van der Waals surface area (Å²) in [6.07, 6.45) is 4.04. The molecule has 0 aliphatic heterocycles. The van der Waals surface area contributed by atoms with Gasteiger partial charge in [-0.05, 0) is 19.4 Å². The second kappa shape index (κ2) is 11.7. The molecule has 114 valence electrons. The number of nitrogens with zero attached hydrogens (tertiary/aromatic N) is 2. The topological polar surface area (TPSA) is 58.5 Å². The van der Waals surface area contributed by atoms with Gasteiger partial charge in [0, 0.05) is 31.9 Å². The largest absolute Gasteiger partial charge is 0.478 e. The Balaban J connectivity index is 0.00000361. The number of rotatable bonds is 7. The highest BCUT2D eigenvalue weighted by molar-refractivity contribution is 14.0. The molecule has 0 radical (unpaired) electrons. The van der Waals surface area contributed by atoms with Gasteiger partial charge in [0.05, 0.1) is 6.61 Å². The van der Waals surface area contributed by atoms with E-state index in [0.717, 1.165) is 24.5 Å². The van der Waals surface area contributed by atoms with Gasteiger partial charge in [-0.25, -0.2) is 4.98 Å². The molecule has 0 amide bonds. The zero-order chi connectivity index (χ0) is 13.9. The molecule has 0 atom stereocenters. The van der Waals surface area contributed by atoms with Crippen LogP contribution in [0.5, 0.6) is 5.88 Å². The Kier molecular flexibility index (Phi) is 11.1. The summed E-state index contributed by atoms with van der Waals surface area (Å²) in [6, 6.07) is 3.91. The summed E-state index contributed by atoms with van der Waals surface area (Å²) in [6.45, 7) is 6.32. The fraction of sp³-hybridized carbons (Fsp3) is 0.571. The zero-order valence-corrected chi connectivity index (χ0v) is 14.8. The van der Waals surface area contributed by atoms with Crippen molar-refractivity contribution in [2.24, 2.45) is 4.99 Å². The normalized spacial score (nSPS) is 10.7. The summed E-state index contributed by atoms with van der Waals surface area (Å²) in [5, 5.41) is 6.53. The van der Waals surface area contributed by atoms with E-state index >= 15 is 0 Å². The Morgan fingerprint density at radius 3 is 2.80 bits per heavy atom. The Morgan fingerprint density at radius 1 is 1.35 bits per heavy atom. The molecule has 0 aromatic carbocycles. The molecule has 0 spiro atoms. The standard InChI is InChI=1S/C14H24N4O.HI/c1-4-6-9-17-14(15-3)18-11-12-8-7-10-16-13(12)19-5-2;/h7-8,10H,4-6,9,11H2,1-3H3,(H2,15,17,18);1H. The molecule has 0 aliphatic carbocycles. The van der Waals surface area contributed by atoms with Crippen LogP contribution >= 0.6 is 24.0 Å². The second-order valence-corrected chi connectivity index (χ2v) is 4.11. The van der Waals surface area contributed by atoms with Crippen LogP contribution in [-0.2, 0) is 6.54 Å². The first-order chi connectivity index (χ1) is 9.31. The van der Waals surface area contributed by atoms with Crippen LogP contribution in [0.3, 0.4) is 0 Å². The summed E-state index contributed by atoms with van der Waals surface area (Å²) in [5.41, 5.74) is 1.03. The van der Waals surface area contributed by atoms with Crippen molar-refractivity contribution >= 4 is 29.9 Å². The molecule has 0 saturated carbocycles. The lowest BCUT2D eigenvalue weighted by molar-refractivity contribution is 0.322. The van der Waals surface area contributed by atoms with Crippen molar-refractivity contribution in [1.82, 2.24) is 15.6 Å². The molecule has 20 heavy (non-hydrogen) atoms. The highest BCUT2D eigenvalue weighted by atomic mass is 127. The highest BCUT2D eigenvalue weighted by Gasteiger charge is 2.04. The molecule has 1 aromatic heterocycles. The molecule has 1 aromatic rings. The van der Waals surface area contributed by atoms with Gasteiger partial charge in [-0.1, -0.05) is 19.4 Å². The molecule has 6 heteroatoms. The van der Waals surface area contributed by atoms with Crippen LogP contribution in [0, 0.1) is 0 Å². The van der Waals surface area contributed by atoms with Crippen molar-refractivity contribution in [1.29, 1.82) is 0 Å². The highest BCUT2D eigenvalue weighted by Crippen LogP contribution is 2.13. The van der Waals surface area contributed by atoms with Crippen molar-refractivity contribution in [2.45, 2.75) is 33.2 Å². The van der Waals surface area contributed by atoms with Crippen LogP contribution < -0.4 is 15.4 Å². The molecular weight excluding hydrogens is 367 g/mol. The smallest absolute Gasteiger partial charge is 0.218 e. The third kappa shape index (κ3) is 6.93. The number of hydrogen-bond donors (Lipinski definition) is 2. The first kappa shape index (κ1) is 18.9. The Labute approximate surface area is 138 Å². The number of ether oxygens (including phenoxy) is 1. The van der Waals surface area contributed by atoms with Crippen LogP contribution in [0.4, 0.5) is 0 Å². The number of pyridine rings is 1. The molecule has 0 bridgehead atoms. The molecule has 1 rings (SSSR count). The van der Waals surface area contributed by atoms with E-state index in [1.807, 2.05) is 19.1 Å². The van der Waals surface area contributed by atoms with E-state index in [0.29, 0.717) is 19.0 Å². The minimum absolute atomic E-state index is 0. The van der Waals surface area contributed by atoms with Crippen molar-refractivity contribution in [3.8, 4) is 5.88 Å². The van der Waals surface area contributed by atoms with Gasteiger partial charge < -0.3 is 15.4 Å². The summed E-state index contributed by atoms with van der Waals surface area (Å²) < 4.78 is 5.49. The lowest BCUT2D eigenvalue weighted by atomic mass is 10.2. The number of hydrogen-bond acceptors (Lipinski definition) is 3. The second-order valence-electron chi connectivity index (χ2n) is 4.11. The minimum atomic E-state index is 0. The number of guanidine groups is 1. The third-order valence-electron chi connectivity index (χ3n) is 2.62. The summed E-state index contributed by atoms with van der Waals surface area (Å²) >= 11 is 0. The fourth-order valence-electron chi connectivity index (χ4n) is 1.61. The number of unbranched alkanes of at least 4 members (excludes halogenated alkanes) is 1. The molecule has 0 fully saturated rings. The van der Waals surface area contributed by atoms with Gasteiger partial charge in [-0.3, -0.25) is 4.99 Å². The van der Waals surface area contributed by atoms with Crippen LogP contribution in [0.2, 0.25) is 0 Å². The van der Waals surface area contributed by atoms with Crippen molar-refractivity contribution < 1.29 is 4.74 Å². The Hall–Kier alpha value is -1.05. The van der Waals surface area contributed by atoms with Gasteiger partial charge >= 0.3 is 0 Å². The van der Waals surface area contributed by atoms with Crippen molar-refractivity contribution in [3.63, 3.8) is 0 Å². The predicted molar refractivity (Wildman–Crippen MR) is 93.9 cm³/mol. The summed E-state index contributed by atoms with van der Waals surface area (Å²) in [7, 11) is 1.77. The fourth-order valence-corrected chi connectivity index (χ4v) is 1.61. The number of nitrogens with one attached hydrogen (secondary N) is 2. The molecule has 2 N–H and O–H groups in total. The van der Waals surface area contributed by atoms with Crippen LogP contribution in [0.25, 0.3) is 0 Å². The van der Waals surface area contributed by atoms with Gasteiger partial charge in [0.2, 0.25) is 5.88 Å². The molecule has 0 unspecified atom stereocenters. The van der Waals surface area contributed by atoms with E-state index in [1.54, 1.807) is 13.2 Å². The van der Waals surface area contributed by atoms with Gasteiger partial charge in [-0.15, -0.1) is 24.0 Å². The molecule has 0 aliphatic rings. The summed E-state index contributed by atoms with van der Waals surface area (Å²) in [4.78, 5) is 8.41. The Morgan fingerprint density at radius 2 is 2.15 bits per heavy atom. The maximum absolute atomic E-state index is 5.49. The molecule has 1 heterocycles. The predicted octanol–water partition coefficient (Wildman–Crippen LogP) is 2.56. The van der Waals surface area contributed by atoms with Crippen LogP contribution in [0.1, 0.15) is 32.3 Å². The minimum Gasteiger partial charge on any atom is -0.478 e. The monoisotopic (exact) mass is 392 g/mol. The Bertz CT molecular complexity index is 399. The van der Waals surface area contributed by atoms with Gasteiger partial charge in [0.15, 0.2) is 5.96 Å². The first-order valence-electron chi connectivity index (χ1n) is 6.83. The van der Waals surface area contributed by atoms with Crippen LogP contribution in [0.15, 0.2) is 23.3 Å². The number of halogens is 1. The van der Waals surface area contributed by atoms with E-state index in [9.17, 15) is 0 Å². The van der Waals surface area contributed by atoms with E-state index in [4.69, 9.17) is 4.74 Å². The van der Waals surface area contributed by atoms with E-state index in [-0.39, 0.29) is 24.0 Å². The van der Waals surface area contributed by atoms with Crippen LogP contribution in [-0.4, -0.2) is 31.1 Å². The number of aromatic nitrogens is 1. The van der Waals surface area contributed by atoms with Gasteiger partial charge in [-0.2, -0.15) is 0 Å². The maximum Gasteiger partial charge on any atom is 0.218 e. The maximum atomic E-state index is 5.49.